The van der Waals surface area contributed by atoms with Gasteiger partial charge in [0.1, 0.15) is 0 Å². The van der Waals surface area contributed by atoms with Crippen LogP contribution in [-0.2, 0) is 19.4 Å². The van der Waals surface area contributed by atoms with E-state index in [1.54, 1.807) is 0 Å². The maximum atomic E-state index is 8.44. The second-order valence-electron chi connectivity index (χ2n) is 0.204. The zero-order valence-electron chi connectivity index (χ0n) is 3.21. The van der Waals surface area contributed by atoms with E-state index < -0.39 is 11.0 Å². The molecule has 0 saturated carbocycles. The molecule has 0 aromatic rings. The predicted molar refractivity (Wildman–Crippen MR) is 18.1 cm³/mol. The average Bonchev–Trinajstić information content (AvgIpc) is 0.811. The molecule has 0 fully saturated rings. The summed E-state index contributed by atoms with van der Waals surface area (Å²) < 4.78 is 25.3. The molecule has 0 saturated heterocycles. The van der Waals surface area contributed by atoms with Crippen LogP contribution < -0.4 is 29.6 Å². The normalized spacial score (nSPS) is 5.67. The van der Waals surface area contributed by atoms with Crippen LogP contribution in [-0.4, -0.2) is 30.8 Å². The van der Waals surface area contributed by atoms with Gasteiger partial charge >= 0.3 is 55.8 Å². The molecule has 2 radical (unpaired) electrons. The van der Waals surface area contributed by atoms with Gasteiger partial charge in [-0.3, -0.25) is 0 Å². The largest absolute Gasteiger partial charge is 1.00 e. The maximum Gasteiger partial charge on any atom is 1.00 e. The minimum Gasteiger partial charge on any atom is 1.00 e. The van der Waals surface area contributed by atoms with Crippen molar-refractivity contribution in [2.45, 2.75) is 0 Å². The van der Waals surface area contributed by atoms with Gasteiger partial charge < -0.3 is 13.0 Å². The predicted octanol–water partition coefficient (Wildman–Crippen LogP) is -4.49. The SMILES string of the molecule is O=[S-](=O)[O-].[BiH2+].[Na+]. The Morgan fingerprint density at radius 2 is 1.33 bits per heavy atom. The van der Waals surface area contributed by atoms with Crippen molar-refractivity contribution in [3.05, 3.63) is 0 Å². The van der Waals surface area contributed by atoms with E-state index >= 15 is 0 Å². The molecule has 0 aromatic heterocycles. The summed E-state index contributed by atoms with van der Waals surface area (Å²) in [5, 5.41) is 0. The smallest absolute Gasteiger partial charge is 1.00 e. The van der Waals surface area contributed by atoms with Gasteiger partial charge in [0, 0.05) is 0 Å². The van der Waals surface area contributed by atoms with Gasteiger partial charge in [0.05, 0.1) is 0 Å². The van der Waals surface area contributed by atoms with Crippen molar-refractivity contribution in [3.8, 4) is 0 Å². The average molecular weight is 314 g/mol. The molecule has 0 aromatic carbocycles. The Balaban J connectivity index is -0.0000000450. The quantitative estimate of drug-likeness (QED) is 0.196. The van der Waals surface area contributed by atoms with Crippen LogP contribution in [0.15, 0.2) is 0 Å². The second-order valence-corrected chi connectivity index (χ2v) is 0.612. The molecule has 0 unspecified atom stereocenters. The molecule has 0 atom stereocenters. The molecule has 3 nitrogen and oxygen atoms in total. The van der Waals surface area contributed by atoms with Crippen LogP contribution in [0.2, 0.25) is 0 Å². The molecular weight excluding hydrogens is 312 g/mol. The molecule has 0 rings (SSSR count). The van der Waals surface area contributed by atoms with Crippen LogP contribution >= 0.6 is 0 Å². The van der Waals surface area contributed by atoms with E-state index in [4.69, 9.17) is 13.0 Å². The van der Waals surface area contributed by atoms with Crippen LogP contribution in [0.25, 0.3) is 0 Å². The van der Waals surface area contributed by atoms with Crippen LogP contribution in [0, 0.1) is 0 Å². The molecule has 6 heavy (non-hydrogen) atoms. The van der Waals surface area contributed by atoms with Crippen molar-refractivity contribution in [2.75, 3.05) is 0 Å². The standard InChI is InChI=1S/Bi.Na.O3S.2H/c;;1-4(2)3;;/q2*+1;-2;;. The minimum atomic E-state index is -3.11. The van der Waals surface area contributed by atoms with Crippen molar-refractivity contribution < 1.29 is 42.5 Å². The third-order valence-electron chi connectivity index (χ3n) is 0. The first kappa shape index (κ1) is 15.7. The van der Waals surface area contributed by atoms with E-state index in [0.29, 0.717) is 0 Å². The summed E-state index contributed by atoms with van der Waals surface area (Å²) in [6, 6.07) is 0. The van der Waals surface area contributed by atoms with Crippen LogP contribution in [0.1, 0.15) is 0 Å². The molecule has 0 bridgehead atoms. The minimum absolute atomic E-state index is 0. The molecule has 0 N–H and O–H groups in total. The van der Waals surface area contributed by atoms with Crippen molar-refractivity contribution in [1.29, 1.82) is 0 Å². The fourth-order valence-corrected chi connectivity index (χ4v) is 0. The first-order valence-electron chi connectivity index (χ1n) is 0.500. The van der Waals surface area contributed by atoms with Crippen LogP contribution in [0.4, 0.5) is 0 Å². The summed E-state index contributed by atoms with van der Waals surface area (Å²) >= 11 is 0. The first-order chi connectivity index (χ1) is 1.73. The summed E-state index contributed by atoms with van der Waals surface area (Å²) in [6.07, 6.45) is 0. The zero-order valence-corrected chi connectivity index (χ0v) is 10.5. The fraction of sp³-hybridized carbons (Fsp3) is 0. The number of hydrogen-bond acceptors (Lipinski definition) is 4. The molecule has 0 aliphatic heterocycles. The Hall–Kier alpha value is 1.79. The monoisotopic (exact) mass is 314 g/mol. The van der Waals surface area contributed by atoms with Gasteiger partial charge in [-0.1, -0.05) is 0 Å². The summed E-state index contributed by atoms with van der Waals surface area (Å²) in [5.74, 6) is 0. The van der Waals surface area contributed by atoms with Gasteiger partial charge in [0.25, 0.3) is 0 Å². The van der Waals surface area contributed by atoms with Crippen molar-refractivity contribution in [2.24, 2.45) is 0 Å². The van der Waals surface area contributed by atoms with Gasteiger partial charge in [0.2, 0.25) is 0 Å². The summed E-state index contributed by atoms with van der Waals surface area (Å²) in [5.41, 5.74) is 0. The fourth-order valence-electron chi connectivity index (χ4n) is 0. The van der Waals surface area contributed by atoms with E-state index in [1.165, 1.54) is 0 Å². The molecule has 0 heterocycles. The molecule has 0 aliphatic rings. The third-order valence-corrected chi connectivity index (χ3v) is 0. The van der Waals surface area contributed by atoms with Gasteiger partial charge in [-0.15, -0.1) is 0 Å². The van der Waals surface area contributed by atoms with Crippen molar-refractivity contribution >= 4 is 37.2 Å². The summed E-state index contributed by atoms with van der Waals surface area (Å²) in [6.45, 7) is 0. The van der Waals surface area contributed by atoms with Crippen molar-refractivity contribution in [3.63, 3.8) is 0 Å². The molecule has 0 spiro atoms. The molecule has 0 amide bonds. The van der Waals surface area contributed by atoms with Gasteiger partial charge in [0.15, 0.2) is 0 Å². The summed E-state index contributed by atoms with van der Waals surface area (Å²) in [7, 11) is -3.11. The topological polar surface area (TPSA) is 57.2 Å². The van der Waals surface area contributed by atoms with Crippen molar-refractivity contribution in [1.82, 2.24) is 0 Å². The Morgan fingerprint density at radius 3 is 1.33 bits per heavy atom. The second kappa shape index (κ2) is 9.92. The van der Waals surface area contributed by atoms with Gasteiger partial charge in [-0.2, -0.15) is 11.0 Å². The Bertz CT molecular complexity index is 59.2. The van der Waals surface area contributed by atoms with E-state index in [2.05, 4.69) is 0 Å². The Labute approximate surface area is 78.7 Å². The van der Waals surface area contributed by atoms with Crippen LogP contribution in [0.3, 0.4) is 0 Å². The Morgan fingerprint density at radius 1 is 1.33 bits per heavy atom. The maximum absolute atomic E-state index is 8.44. The van der Waals surface area contributed by atoms with E-state index in [-0.39, 0.29) is 55.8 Å². The molecular formula is H2BiNaO3S. The molecule has 32 valence electrons. The van der Waals surface area contributed by atoms with E-state index in [9.17, 15) is 0 Å². The van der Waals surface area contributed by atoms with E-state index in [1.807, 2.05) is 0 Å². The number of rotatable bonds is 0. The third kappa shape index (κ3) is 41.4. The van der Waals surface area contributed by atoms with Crippen LogP contribution in [0.5, 0.6) is 0 Å². The molecule has 0 aliphatic carbocycles. The number of hydrogen-bond donors (Lipinski definition) is 0. The van der Waals surface area contributed by atoms with Gasteiger partial charge in [-0.25, -0.2) is 0 Å². The summed E-state index contributed by atoms with van der Waals surface area (Å²) in [4.78, 5) is 0. The molecule has 6 heteroatoms. The van der Waals surface area contributed by atoms with Gasteiger partial charge in [-0.05, 0) is 0 Å². The first-order valence-corrected chi connectivity index (χ1v) is 1.50. The van der Waals surface area contributed by atoms with E-state index in [0.717, 1.165) is 0 Å². The zero-order chi connectivity index (χ0) is 3.58. The Kier molecular flexibility index (Phi) is 25.9.